The number of hydrogen-bond acceptors (Lipinski definition) is 4. The van der Waals surface area contributed by atoms with Gasteiger partial charge in [-0.05, 0) is 43.0 Å². The quantitative estimate of drug-likeness (QED) is 0.842. The van der Waals surface area contributed by atoms with E-state index in [0.717, 1.165) is 12.1 Å². The molecule has 0 spiro atoms. The van der Waals surface area contributed by atoms with Crippen LogP contribution in [0.15, 0.2) is 47.6 Å². The average molecular weight is 395 g/mol. The fraction of sp³-hybridized carbons (Fsp3) is 0.333. The predicted molar refractivity (Wildman–Crippen MR) is 94.4 cm³/mol. The van der Waals surface area contributed by atoms with Crippen LogP contribution < -0.4 is 4.72 Å². The number of hydrogen-bond donors (Lipinski definition) is 1. The second kappa shape index (κ2) is 8.10. The lowest BCUT2D eigenvalue weighted by Gasteiger charge is -2.32. The number of nitrogens with one attached hydrogen (secondary N) is 1. The maximum Gasteiger partial charge on any atom is 0.253 e. The molecule has 1 aliphatic rings. The van der Waals surface area contributed by atoms with Gasteiger partial charge in [0.1, 0.15) is 16.5 Å². The van der Waals surface area contributed by atoms with E-state index in [4.69, 9.17) is 0 Å². The summed E-state index contributed by atoms with van der Waals surface area (Å²) in [4.78, 5) is 17.4. The van der Waals surface area contributed by atoms with Crippen molar-refractivity contribution >= 4 is 15.9 Å². The van der Waals surface area contributed by atoms with Crippen molar-refractivity contribution in [1.82, 2.24) is 14.6 Å². The summed E-state index contributed by atoms with van der Waals surface area (Å²) >= 11 is 0. The minimum atomic E-state index is -4.06. The van der Waals surface area contributed by atoms with Gasteiger partial charge in [-0.2, -0.15) is 0 Å². The summed E-state index contributed by atoms with van der Waals surface area (Å²) in [6.45, 7) is 1.16. The van der Waals surface area contributed by atoms with Crippen LogP contribution in [0.1, 0.15) is 23.2 Å². The highest BCUT2D eigenvalue weighted by Gasteiger charge is 2.26. The van der Waals surface area contributed by atoms with Crippen LogP contribution in [0.25, 0.3) is 0 Å². The Morgan fingerprint density at radius 3 is 2.44 bits per heavy atom. The molecule has 1 aliphatic heterocycles. The number of carbonyl (C=O) groups is 1. The van der Waals surface area contributed by atoms with Gasteiger partial charge in [-0.3, -0.25) is 9.78 Å². The van der Waals surface area contributed by atoms with Crippen molar-refractivity contribution in [3.8, 4) is 0 Å². The first-order chi connectivity index (χ1) is 12.9. The van der Waals surface area contributed by atoms with Crippen LogP contribution in [0.3, 0.4) is 0 Å². The number of amides is 1. The van der Waals surface area contributed by atoms with Crippen LogP contribution >= 0.6 is 0 Å². The van der Waals surface area contributed by atoms with Gasteiger partial charge in [-0.15, -0.1) is 0 Å². The van der Waals surface area contributed by atoms with Crippen LogP contribution in [-0.4, -0.2) is 43.8 Å². The molecule has 1 saturated heterocycles. The van der Waals surface area contributed by atoms with Crippen LogP contribution in [-0.2, 0) is 10.0 Å². The Bertz CT molecular complexity index is 915. The summed E-state index contributed by atoms with van der Waals surface area (Å²) in [6, 6.07) is 5.65. The fourth-order valence-electron chi connectivity index (χ4n) is 3.02. The Balaban J connectivity index is 1.54. The summed E-state index contributed by atoms with van der Waals surface area (Å²) in [5.41, 5.74) is 0.566. The van der Waals surface area contributed by atoms with Crippen LogP contribution in [0.2, 0.25) is 0 Å². The zero-order valence-corrected chi connectivity index (χ0v) is 15.3. The van der Waals surface area contributed by atoms with Crippen molar-refractivity contribution in [3.05, 3.63) is 59.9 Å². The first kappa shape index (κ1) is 19.4. The molecule has 144 valence electrons. The molecular weight excluding hydrogens is 376 g/mol. The molecule has 1 aromatic heterocycles. The average Bonchev–Trinajstić information content (AvgIpc) is 2.67. The van der Waals surface area contributed by atoms with E-state index in [1.54, 1.807) is 29.4 Å². The van der Waals surface area contributed by atoms with Gasteiger partial charge in [0, 0.05) is 43.7 Å². The fourth-order valence-corrected chi connectivity index (χ4v) is 4.19. The van der Waals surface area contributed by atoms with E-state index in [9.17, 15) is 22.0 Å². The van der Waals surface area contributed by atoms with Crippen molar-refractivity contribution in [1.29, 1.82) is 0 Å². The lowest BCUT2D eigenvalue weighted by Crippen LogP contribution is -2.41. The molecule has 27 heavy (non-hydrogen) atoms. The molecule has 1 fully saturated rings. The second-order valence-corrected chi connectivity index (χ2v) is 8.13. The highest BCUT2D eigenvalue weighted by atomic mass is 32.2. The molecule has 1 amide bonds. The Morgan fingerprint density at radius 1 is 1.15 bits per heavy atom. The van der Waals surface area contributed by atoms with E-state index >= 15 is 0 Å². The van der Waals surface area contributed by atoms with Gasteiger partial charge in [0.2, 0.25) is 10.0 Å². The molecule has 0 aliphatic carbocycles. The summed E-state index contributed by atoms with van der Waals surface area (Å²) in [7, 11) is -4.06. The molecular formula is C18H19F2N3O3S. The highest BCUT2D eigenvalue weighted by Crippen LogP contribution is 2.20. The van der Waals surface area contributed by atoms with Gasteiger partial charge in [-0.25, -0.2) is 21.9 Å². The molecule has 0 atom stereocenters. The van der Waals surface area contributed by atoms with E-state index in [0.29, 0.717) is 37.6 Å². The molecule has 1 aromatic carbocycles. The zero-order valence-electron chi connectivity index (χ0n) is 14.4. The first-order valence-electron chi connectivity index (χ1n) is 8.51. The van der Waals surface area contributed by atoms with Crippen LogP contribution in [0.5, 0.6) is 0 Å². The molecule has 9 heteroatoms. The van der Waals surface area contributed by atoms with Gasteiger partial charge in [0.25, 0.3) is 5.91 Å². The smallest absolute Gasteiger partial charge is 0.253 e. The standard InChI is InChI=1S/C18H19F2N3O3S/c19-15-1-2-17(16(20)11-15)27(25,26)22-12-13-5-9-23(10-6-13)18(24)14-3-7-21-8-4-14/h1-4,7-8,11,13,22H,5-6,9-10,12H2. The van der Waals surface area contributed by atoms with Gasteiger partial charge in [0.15, 0.2) is 0 Å². The van der Waals surface area contributed by atoms with Crippen molar-refractivity contribution in [2.45, 2.75) is 17.7 Å². The van der Waals surface area contributed by atoms with Crippen LogP contribution in [0.4, 0.5) is 8.78 Å². The molecule has 0 saturated carbocycles. The number of aromatic nitrogens is 1. The molecule has 3 rings (SSSR count). The summed E-state index contributed by atoms with van der Waals surface area (Å²) in [6.07, 6.45) is 4.38. The summed E-state index contributed by atoms with van der Waals surface area (Å²) < 4.78 is 53.5. The number of benzene rings is 1. The molecule has 2 heterocycles. The number of likely N-dealkylation sites (tertiary alicyclic amines) is 1. The summed E-state index contributed by atoms with van der Waals surface area (Å²) in [5.74, 6) is -2.01. The molecule has 2 aromatic rings. The van der Waals surface area contributed by atoms with Crippen LogP contribution in [0, 0.1) is 17.6 Å². The normalized spacial score (nSPS) is 15.7. The monoisotopic (exact) mass is 395 g/mol. The Labute approximate surface area is 156 Å². The van der Waals surface area contributed by atoms with Crippen molar-refractivity contribution < 1.29 is 22.0 Å². The largest absolute Gasteiger partial charge is 0.339 e. The van der Waals surface area contributed by atoms with Gasteiger partial charge in [-0.1, -0.05) is 0 Å². The number of pyridine rings is 1. The van der Waals surface area contributed by atoms with E-state index < -0.39 is 26.6 Å². The number of rotatable bonds is 5. The third kappa shape index (κ3) is 4.67. The molecule has 0 unspecified atom stereocenters. The third-order valence-electron chi connectivity index (χ3n) is 4.57. The number of carbonyl (C=O) groups excluding carboxylic acids is 1. The third-order valence-corrected chi connectivity index (χ3v) is 6.03. The predicted octanol–water partition coefficient (Wildman–Crippen LogP) is 2.19. The molecule has 0 radical (unpaired) electrons. The van der Waals surface area contributed by atoms with E-state index in [-0.39, 0.29) is 18.4 Å². The number of halogens is 2. The second-order valence-electron chi connectivity index (χ2n) is 6.40. The number of piperidine rings is 1. The minimum absolute atomic E-state index is 0.0322. The van der Waals surface area contributed by atoms with E-state index in [1.165, 1.54) is 0 Å². The lowest BCUT2D eigenvalue weighted by molar-refractivity contribution is 0.0692. The summed E-state index contributed by atoms with van der Waals surface area (Å²) in [5, 5.41) is 0. The van der Waals surface area contributed by atoms with Gasteiger partial charge in [0.05, 0.1) is 0 Å². The zero-order chi connectivity index (χ0) is 19.4. The van der Waals surface area contributed by atoms with Gasteiger partial charge < -0.3 is 4.90 Å². The lowest BCUT2D eigenvalue weighted by atomic mass is 9.97. The number of sulfonamides is 1. The molecule has 6 nitrogen and oxygen atoms in total. The number of nitrogens with zero attached hydrogens (tertiary/aromatic N) is 2. The van der Waals surface area contributed by atoms with Gasteiger partial charge >= 0.3 is 0 Å². The minimum Gasteiger partial charge on any atom is -0.339 e. The maximum absolute atomic E-state index is 13.7. The maximum atomic E-state index is 13.7. The van der Waals surface area contributed by atoms with Crippen molar-refractivity contribution in [3.63, 3.8) is 0 Å². The molecule has 1 N–H and O–H groups in total. The van der Waals surface area contributed by atoms with Crippen molar-refractivity contribution in [2.75, 3.05) is 19.6 Å². The highest BCUT2D eigenvalue weighted by molar-refractivity contribution is 7.89. The Morgan fingerprint density at radius 2 is 1.81 bits per heavy atom. The van der Waals surface area contributed by atoms with Crippen molar-refractivity contribution in [2.24, 2.45) is 5.92 Å². The topological polar surface area (TPSA) is 79.4 Å². The van der Waals surface area contributed by atoms with E-state index in [2.05, 4.69) is 9.71 Å². The SMILES string of the molecule is O=C(c1ccncc1)N1CCC(CNS(=O)(=O)c2ccc(F)cc2F)CC1. The molecule has 0 bridgehead atoms. The first-order valence-corrected chi connectivity index (χ1v) is 9.99. The Hall–Kier alpha value is -2.39. The van der Waals surface area contributed by atoms with E-state index in [1.807, 2.05) is 0 Å². The Kier molecular flexibility index (Phi) is 5.81.